The standard InChI is InChI=1S/C37H55N2/c1-2-3-4-5-6-7-8-9-10-11-12-13-14-15-16-17-24-29-35(37-38-30-31-39-37)36(34-27-22-19-23-28-34)32-33-25-20-18-21-26-33/h18-23,25-28,30-31,35-36H,2-17,24,29,32H2,1H3/q+1. The van der Waals surface area contributed by atoms with E-state index in [1.807, 2.05) is 12.4 Å². The monoisotopic (exact) mass is 527 g/mol. The van der Waals surface area contributed by atoms with Crippen molar-refractivity contribution >= 4 is 12.4 Å². The van der Waals surface area contributed by atoms with Crippen LogP contribution in [0.15, 0.2) is 70.6 Å². The van der Waals surface area contributed by atoms with E-state index in [2.05, 4.69) is 77.6 Å². The molecule has 2 unspecified atom stereocenters. The van der Waals surface area contributed by atoms with Crippen LogP contribution in [-0.2, 0) is 6.42 Å². The van der Waals surface area contributed by atoms with Crippen LogP contribution < -0.4 is 0 Å². The minimum Gasteiger partial charge on any atom is -0.0965 e. The predicted molar refractivity (Wildman–Crippen MR) is 172 cm³/mol. The van der Waals surface area contributed by atoms with Gasteiger partial charge in [-0.25, -0.2) is 0 Å². The summed E-state index contributed by atoms with van der Waals surface area (Å²) in [6.07, 6.45) is 31.0. The van der Waals surface area contributed by atoms with Crippen LogP contribution in [0.1, 0.15) is 140 Å². The van der Waals surface area contributed by atoms with Gasteiger partial charge in [-0.15, -0.1) is 0 Å². The van der Waals surface area contributed by atoms with E-state index in [0.717, 1.165) is 19.0 Å². The maximum absolute atomic E-state index is 4.69. The number of rotatable bonds is 23. The average molecular weight is 528 g/mol. The van der Waals surface area contributed by atoms with Crippen molar-refractivity contribution in [3.63, 3.8) is 0 Å². The number of hydrogen-bond acceptors (Lipinski definition) is 2. The molecule has 0 saturated heterocycles. The van der Waals surface area contributed by atoms with Crippen LogP contribution in [0.5, 0.6) is 0 Å². The minimum absolute atomic E-state index is 0.360. The van der Waals surface area contributed by atoms with Crippen molar-refractivity contribution in [1.29, 1.82) is 0 Å². The van der Waals surface area contributed by atoms with Gasteiger partial charge in [0.2, 0.25) is 6.17 Å². The first kappa shape index (κ1) is 31.2. The Hall–Kier alpha value is -2.35. The van der Waals surface area contributed by atoms with Gasteiger partial charge in [0, 0.05) is 5.92 Å². The molecule has 2 atom stereocenters. The summed E-state index contributed by atoms with van der Waals surface area (Å²) in [6, 6.07) is 22.0. The van der Waals surface area contributed by atoms with Crippen LogP contribution in [0.2, 0.25) is 0 Å². The molecular formula is C37H55N2+. The first-order valence-electron chi connectivity index (χ1n) is 16.4. The van der Waals surface area contributed by atoms with Crippen LogP contribution >= 0.6 is 0 Å². The van der Waals surface area contributed by atoms with Gasteiger partial charge in [0.15, 0.2) is 12.4 Å². The van der Waals surface area contributed by atoms with Gasteiger partial charge in [-0.1, -0.05) is 187 Å². The van der Waals surface area contributed by atoms with Gasteiger partial charge in [0.25, 0.3) is 0 Å². The molecule has 39 heavy (non-hydrogen) atoms. The highest BCUT2D eigenvalue weighted by Gasteiger charge is 2.36. The number of aliphatic imine (C=N–C) groups is 2. The zero-order valence-electron chi connectivity index (χ0n) is 24.9. The lowest BCUT2D eigenvalue weighted by molar-refractivity contribution is 0.382. The fourth-order valence-corrected chi connectivity index (χ4v) is 6.10. The Labute approximate surface area is 240 Å². The molecule has 0 saturated carbocycles. The van der Waals surface area contributed by atoms with Gasteiger partial charge in [0.1, 0.15) is 0 Å². The van der Waals surface area contributed by atoms with Gasteiger partial charge in [-0.05, 0) is 24.0 Å². The van der Waals surface area contributed by atoms with Gasteiger partial charge in [0.05, 0.1) is 5.92 Å². The first-order chi connectivity index (χ1) is 19.4. The summed E-state index contributed by atoms with van der Waals surface area (Å²) >= 11 is 0. The molecule has 0 spiro atoms. The molecular weight excluding hydrogens is 472 g/mol. The van der Waals surface area contributed by atoms with Gasteiger partial charge in [-0.2, -0.15) is 0 Å². The quantitative estimate of drug-likeness (QED) is 0.101. The normalized spacial score (nSPS) is 14.2. The van der Waals surface area contributed by atoms with Crippen molar-refractivity contribution in [1.82, 2.24) is 0 Å². The van der Waals surface area contributed by atoms with Crippen molar-refractivity contribution in [3.05, 3.63) is 78.0 Å². The third kappa shape index (κ3) is 13.0. The Balaban J connectivity index is 1.31. The molecule has 2 aromatic rings. The highest BCUT2D eigenvalue weighted by atomic mass is 15.0. The summed E-state index contributed by atoms with van der Waals surface area (Å²) in [6.45, 7) is 2.30. The molecule has 1 heterocycles. The largest absolute Gasteiger partial charge is 0.244 e. The van der Waals surface area contributed by atoms with Gasteiger partial charge < -0.3 is 0 Å². The average Bonchev–Trinajstić information content (AvgIpc) is 3.52. The van der Waals surface area contributed by atoms with Gasteiger partial charge >= 0.3 is 0 Å². The van der Waals surface area contributed by atoms with Gasteiger partial charge in [-0.3, -0.25) is 0 Å². The van der Waals surface area contributed by atoms with E-state index < -0.39 is 0 Å². The summed E-state index contributed by atoms with van der Waals surface area (Å²) in [5, 5.41) is 0. The van der Waals surface area contributed by atoms with Crippen molar-refractivity contribution in [2.24, 2.45) is 15.9 Å². The number of nitrogens with zero attached hydrogens (tertiary/aromatic N) is 2. The smallest absolute Gasteiger partial charge is 0.0965 e. The molecule has 3 rings (SSSR count). The molecule has 0 N–H and O–H groups in total. The van der Waals surface area contributed by atoms with E-state index in [-0.39, 0.29) is 0 Å². The summed E-state index contributed by atoms with van der Waals surface area (Å²) in [7, 11) is 0. The Morgan fingerprint density at radius 3 is 1.46 bits per heavy atom. The molecule has 2 aromatic carbocycles. The number of benzene rings is 2. The molecule has 0 aromatic heterocycles. The lowest BCUT2D eigenvalue weighted by Gasteiger charge is -2.26. The third-order valence-corrected chi connectivity index (χ3v) is 8.44. The summed E-state index contributed by atoms with van der Waals surface area (Å²) in [5.41, 5.74) is 2.80. The molecule has 0 fully saturated rings. The fourth-order valence-electron chi connectivity index (χ4n) is 6.10. The fraction of sp³-hybridized carbons (Fsp3) is 0.595. The maximum Gasteiger partial charge on any atom is 0.244 e. The topological polar surface area (TPSA) is 24.7 Å². The second kappa shape index (κ2) is 20.5. The van der Waals surface area contributed by atoms with E-state index in [1.165, 1.54) is 120 Å². The van der Waals surface area contributed by atoms with E-state index in [0.29, 0.717) is 11.8 Å². The second-order valence-electron chi connectivity index (χ2n) is 11.7. The summed E-state index contributed by atoms with van der Waals surface area (Å²) < 4.78 is 0. The minimum atomic E-state index is 0.360. The highest BCUT2D eigenvalue weighted by Crippen LogP contribution is 2.40. The van der Waals surface area contributed by atoms with Crippen molar-refractivity contribution in [2.75, 3.05) is 0 Å². The Morgan fingerprint density at radius 1 is 0.538 bits per heavy atom. The lowest BCUT2D eigenvalue weighted by atomic mass is 9.77. The molecule has 1 aliphatic heterocycles. The van der Waals surface area contributed by atoms with E-state index >= 15 is 0 Å². The van der Waals surface area contributed by atoms with Crippen LogP contribution in [-0.4, -0.2) is 12.4 Å². The molecule has 0 aliphatic carbocycles. The maximum atomic E-state index is 4.69. The Kier molecular flexibility index (Phi) is 16.4. The zero-order valence-corrected chi connectivity index (χ0v) is 24.9. The summed E-state index contributed by atoms with van der Waals surface area (Å²) in [4.78, 5) is 9.38. The van der Waals surface area contributed by atoms with Crippen molar-refractivity contribution < 1.29 is 0 Å². The van der Waals surface area contributed by atoms with Crippen molar-refractivity contribution in [3.8, 4) is 0 Å². The number of unbranched alkanes of at least 4 members (excludes halogenated alkanes) is 16. The molecule has 0 radical (unpaired) electrons. The highest BCUT2D eigenvalue weighted by molar-refractivity contribution is 6.18. The zero-order chi connectivity index (χ0) is 27.2. The molecule has 212 valence electrons. The van der Waals surface area contributed by atoms with Crippen LogP contribution in [0.3, 0.4) is 0 Å². The van der Waals surface area contributed by atoms with E-state index in [4.69, 9.17) is 0 Å². The molecule has 2 heteroatoms. The van der Waals surface area contributed by atoms with Crippen LogP contribution in [0.4, 0.5) is 0 Å². The lowest BCUT2D eigenvalue weighted by Crippen LogP contribution is -2.20. The van der Waals surface area contributed by atoms with Crippen molar-refractivity contribution in [2.45, 2.75) is 135 Å². The molecule has 0 amide bonds. The van der Waals surface area contributed by atoms with E-state index in [1.54, 1.807) is 0 Å². The van der Waals surface area contributed by atoms with Crippen LogP contribution in [0, 0.1) is 12.1 Å². The van der Waals surface area contributed by atoms with Crippen LogP contribution in [0.25, 0.3) is 0 Å². The third-order valence-electron chi connectivity index (χ3n) is 8.44. The second-order valence-corrected chi connectivity index (χ2v) is 11.7. The predicted octanol–water partition coefficient (Wildman–Crippen LogP) is 11.3. The van der Waals surface area contributed by atoms with E-state index in [9.17, 15) is 0 Å². The molecule has 1 aliphatic rings. The number of hydrogen-bond donors (Lipinski definition) is 0. The Bertz CT molecular complexity index is 876. The Morgan fingerprint density at radius 2 is 0.974 bits per heavy atom. The first-order valence-corrected chi connectivity index (χ1v) is 16.4. The molecule has 2 nitrogen and oxygen atoms in total. The SMILES string of the molecule is CCCCCCCCCCCCCCCCCCCC([C+]1N=CC=N1)C(Cc1ccccc1)c1ccccc1. The summed E-state index contributed by atoms with van der Waals surface area (Å²) in [5.74, 6) is 0.760. The molecule has 0 bridgehead atoms.